The molecule has 0 aromatic rings. The standard InChI is InChI=1S/C31H52N2O5S2/c1-4-5-6-7-8-9-10-11-12-13-14-15-16-17-18-19-20-21-29(36)32-23-25-39-40-31(2,3)22-24-38-30(37)33-28(26-34)27-35/h5-6,8-9,11-12,14-15,17-18,28,34-35H,4,7,10,13,16,19-27H2,1-3H3,(H,32,36)(H,33,37)/b6-5-,9-8-,12-11-,15-14-,18-17-. The lowest BCUT2D eigenvalue weighted by Crippen LogP contribution is -2.40. The van der Waals surface area contributed by atoms with Crippen LogP contribution in [0.25, 0.3) is 0 Å². The van der Waals surface area contributed by atoms with Crippen LogP contribution in [-0.2, 0) is 9.53 Å². The van der Waals surface area contributed by atoms with Crippen molar-refractivity contribution >= 4 is 33.6 Å². The molecule has 0 saturated heterocycles. The Morgan fingerprint density at radius 1 is 0.875 bits per heavy atom. The molecule has 0 rings (SSSR count). The zero-order valence-electron chi connectivity index (χ0n) is 24.7. The second-order valence-electron chi connectivity index (χ2n) is 9.71. The third-order valence-electron chi connectivity index (χ3n) is 5.42. The van der Waals surface area contributed by atoms with Gasteiger partial charge in [-0.05, 0) is 65.2 Å². The van der Waals surface area contributed by atoms with Crippen LogP contribution in [0.3, 0.4) is 0 Å². The van der Waals surface area contributed by atoms with Crippen LogP contribution in [0.4, 0.5) is 4.79 Å². The highest BCUT2D eigenvalue weighted by molar-refractivity contribution is 8.77. The lowest BCUT2D eigenvalue weighted by molar-refractivity contribution is -0.121. The molecule has 0 bridgehead atoms. The van der Waals surface area contributed by atoms with E-state index in [1.165, 1.54) is 0 Å². The van der Waals surface area contributed by atoms with Crippen molar-refractivity contribution in [2.45, 2.75) is 89.3 Å². The molecule has 7 nitrogen and oxygen atoms in total. The topological polar surface area (TPSA) is 108 Å². The van der Waals surface area contributed by atoms with E-state index in [-0.39, 0.29) is 30.5 Å². The molecule has 40 heavy (non-hydrogen) atoms. The van der Waals surface area contributed by atoms with Gasteiger partial charge in [-0.2, -0.15) is 0 Å². The lowest BCUT2D eigenvalue weighted by atomic mass is 10.1. The molecule has 0 heterocycles. The number of rotatable bonds is 24. The summed E-state index contributed by atoms with van der Waals surface area (Å²) in [5, 5.41) is 23.3. The summed E-state index contributed by atoms with van der Waals surface area (Å²) in [6, 6.07) is -0.710. The van der Waals surface area contributed by atoms with E-state index in [9.17, 15) is 9.59 Å². The monoisotopic (exact) mass is 596 g/mol. The number of ether oxygens (including phenoxy) is 1. The molecule has 0 fully saturated rings. The summed E-state index contributed by atoms with van der Waals surface area (Å²) in [4.78, 5) is 23.7. The van der Waals surface area contributed by atoms with Crippen LogP contribution in [0.5, 0.6) is 0 Å². The van der Waals surface area contributed by atoms with E-state index in [1.54, 1.807) is 21.6 Å². The molecule has 0 aromatic heterocycles. The van der Waals surface area contributed by atoms with E-state index in [0.29, 0.717) is 19.4 Å². The average Bonchev–Trinajstić information content (AvgIpc) is 2.93. The molecule has 4 N–H and O–H groups in total. The fourth-order valence-corrected chi connectivity index (χ4v) is 5.52. The van der Waals surface area contributed by atoms with Gasteiger partial charge >= 0.3 is 6.09 Å². The number of carbonyl (C=O) groups is 2. The predicted octanol–water partition coefficient (Wildman–Crippen LogP) is 6.65. The summed E-state index contributed by atoms with van der Waals surface area (Å²) in [5.74, 6) is 0.880. The van der Waals surface area contributed by atoms with Gasteiger partial charge in [0.2, 0.25) is 5.91 Å². The van der Waals surface area contributed by atoms with Gasteiger partial charge in [-0.15, -0.1) is 0 Å². The van der Waals surface area contributed by atoms with E-state index in [0.717, 1.165) is 50.7 Å². The molecule has 0 aliphatic rings. The SMILES string of the molecule is CC/C=C\C/C=C\C/C=C\C/C=C\C/C=C\CCCC(=O)NCCSSC(C)(C)CCOC(=O)NC(CO)CO. The van der Waals surface area contributed by atoms with Crippen LogP contribution in [0.1, 0.15) is 78.6 Å². The molecule has 0 radical (unpaired) electrons. The molecule has 0 spiro atoms. The van der Waals surface area contributed by atoms with Crippen molar-refractivity contribution < 1.29 is 24.5 Å². The molecule has 9 heteroatoms. The maximum atomic E-state index is 12.0. The number of hydrogen-bond donors (Lipinski definition) is 4. The second-order valence-corrected chi connectivity index (χ2v) is 12.8. The highest BCUT2D eigenvalue weighted by atomic mass is 33.1. The first-order valence-electron chi connectivity index (χ1n) is 14.3. The number of aliphatic hydroxyl groups is 2. The van der Waals surface area contributed by atoms with Crippen molar-refractivity contribution in [2.75, 3.05) is 32.1 Å². The Morgan fingerprint density at radius 2 is 1.43 bits per heavy atom. The largest absolute Gasteiger partial charge is 0.450 e. The minimum atomic E-state index is -0.710. The molecule has 2 amide bonds. The summed E-state index contributed by atoms with van der Waals surface area (Å²) in [6.45, 7) is 6.47. The van der Waals surface area contributed by atoms with Crippen molar-refractivity contribution in [3.05, 3.63) is 60.8 Å². The summed E-state index contributed by atoms with van der Waals surface area (Å²) in [6.07, 6.45) is 29.1. The maximum absolute atomic E-state index is 12.0. The molecule has 0 atom stereocenters. The van der Waals surface area contributed by atoms with Gasteiger partial charge in [-0.3, -0.25) is 4.79 Å². The summed E-state index contributed by atoms with van der Waals surface area (Å²) in [7, 11) is 3.38. The van der Waals surface area contributed by atoms with Gasteiger partial charge in [0, 0.05) is 23.5 Å². The van der Waals surface area contributed by atoms with Gasteiger partial charge in [0.25, 0.3) is 0 Å². The molecule has 0 saturated carbocycles. The van der Waals surface area contributed by atoms with E-state index in [4.69, 9.17) is 14.9 Å². The molecule has 228 valence electrons. The minimum absolute atomic E-state index is 0.0840. The van der Waals surface area contributed by atoms with Crippen LogP contribution < -0.4 is 10.6 Å². The first-order valence-corrected chi connectivity index (χ1v) is 16.6. The fraction of sp³-hybridized carbons (Fsp3) is 0.613. The highest BCUT2D eigenvalue weighted by Gasteiger charge is 2.20. The average molecular weight is 597 g/mol. The van der Waals surface area contributed by atoms with Gasteiger partial charge in [0.1, 0.15) is 0 Å². The molecule has 0 unspecified atom stereocenters. The quantitative estimate of drug-likeness (QED) is 0.0561. The normalized spacial score (nSPS) is 12.7. The third kappa shape index (κ3) is 26.3. The second kappa shape index (κ2) is 27.2. The van der Waals surface area contributed by atoms with E-state index in [2.05, 4.69) is 92.2 Å². The zero-order chi connectivity index (χ0) is 29.7. The number of hydrogen-bond acceptors (Lipinski definition) is 7. The Morgan fingerprint density at radius 3 is 1.98 bits per heavy atom. The molecule has 0 aliphatic heterocycles. The third-order valence-corrected chi connectivity index (χ3v) is 8.78. The van der Waals surface area contributed by atoms with Crippen LogP contribution in [0.15, 0.2) is 60.8 Å². The van der Waals surface area contributed by atoms with Gasteiger partial charge in [0.15, 0.2) is 0 Å². The van der Waals surface area contributed by atoms with Crippen LogP contribution in [0.2, 0.25) is 0 Å². The summed E-state index contributed by atoms with van der Waals surface area (Å²) in [5.41, 5.74) is 0. The number of allylic oxidation sites excluding steroid dienone is 10. The van der Waals surface area contributed by atoms with Gasteiger partial charge < -0.3 is 25.6 Å². The van der Waals surface area contributed by atoms with E-state index in [1.807, 2.05) is 0 Å². The number of nitrogens with one attached hydrogen (secondary N) is 2. The molecular weight excluding hydrogens is 544 g/mol. The fourth-order valence-electron chi connectivity index (χ4n) is 3.06. The lowest BCUT2D eigenvalue weighted by Gasteiger charge is -2.23. The van der Waals surface area contributed by atoms with Crippen molar-refractivity contribution in [3.63, 3.8) is 0 Å². The summed E-state index contributed by atoms with van der Waals surface area (Å²) < 4.78 is 5.01. The van der Waals surface area contributed by atoms with Gasteiger partial charge in [-0.25, -0.2) is 4.79 Å². The van der Waals surface area contributed by atoms with Crippen LogP contribution in [-0.4, -0.2) is 65.1 Å². The smallest absolute Gasteiger partial charge is 0.407 e. The minimum Gasteiger partial charge on any atom is -0.450 e. The zero-order valence-corrected chi connectivity index (χ0v) is 26.3. The maximum Gasteiger partial charge on any atom is 0.407 e. The van der Waals surface area contributed by atoms with Gasteiger partial charge in [-0.1, -0.05) is 89.3 Å². The van der Waals surface area contributed by atoms with Crippen LogP contribution >= 0.6 is 21.6 Å². The Hall–Kier alpha value is -1.94. The number of carbonyl (C=O) groups excluding carboxylic acids is 2. The first-order chi connectivity index (χ1) is 19.3. The number of alkyl carbamates (subject to hydrolysis) is 1. The predicted molar refractivity (Wildman–Crippen MR) is 173 cm³/mol. The van der Waals surface area contributed by atoms with Crippen molar-refractivity contribution in [3.8, 4) is 0 Å². The van der Waals surface area contributed by atoms with Crippen LogP contribution in [0, 0.1) is 0 Å². The van der Waals surface area contributed by atoms with Crippen molar-refractivity contribution in [2.24, 2.45) is 0 Å². The number of unbranched alkanes of at least 4 members (excludes halogenated alkanes) is 1. The van der Waals surface area contributed by atoms with E-state index >= 15 is 0 Å². The Bertz CT molecular complexity index is 791. The van der Waals surface area contributed by atoms with E-state index < -0.39 is 12.1 Å². The Labute approximate surface area is 250 Å². The molecule has 0 aromatic carbocycles. The van der Waals surface area contributed by atoms with Gasteiger partial charge in [0.05, 0.1) is 25.9 Å². The Balaban J connectivity index is 3.71. The first kappa shape index (κ1) is 38.1. The van der Waals surface area contributed by atoms with Crippen molar-refractivity contribution in [1.82, 2.24) is 10.6 Å². The number of amides is 2. The number of aliphatic hydroxyl groups excluding tert-OH is 2. The molecule has 0 aliphatic carbocycles. The molecular formula is C31H52N2O5S2. The summed E-state index contributed by atoms with van der Waals surface area (Å²) >= 11 is 0. The highest BCUT2D eigenvalue weighted by Crippen LogP contribution is 2.37. The Kier molecular flexibility index (Phi) is 25.9. The van der Waals surface area contributed by atoms with Crippen molar-refractivity contribution in [1.29, 1.82) is 0 Å².